The number of imidazole rings is 1. The van der Waals surface area contributed by atoms with E-state index in [1.807, 2.05) is 43.3 Å². The average Bonchev–Trinajstić information content (AvgIpc) is 2.85. The van der Waals surface area contributed by atoms with Crippen LogP contribution in [0.3, 0.4) is 0 Å². The second-order valence-electron chi connectivity index (χ2n) is 5.15. The Kier molecular flexibility index (Phi) is 3.55. The molecule has 0 aliphatic rings. The molecule has 0 amide bonds. The number of rotatable bonds is 3. The van der Waals surface area contributed by atoms with Crippen molar-refractivity contribution in [2.45, 2.75) is 13.5 Å². The number of methoxy groups -OCH3 is 1. The van der Waals surface area contributed by atoms with Crippen LogP contribution in [0.4, 0.5) is 5.69 Å². The summed E-state index contributed by atoms with van der Waals surface area (Å²) in [6.45, 7) is 2.57. The van der Waals surface area contributed by atoms with Crippen molar-refractivity contribution in [1.29, 1.82) is 0 Å². The first-order valence-corrected chi connectivity index (χ1v) is 6.98. The maximum atomic E-state index is 11.6. The number of anilines is 1. The fraction of sp³-hybridized carbons (Fsp3) is 0.176. The van der Waals surface area contributed by atoms with E-state index in [1.165, 1.54) is 7.11 Å². The number of aryl methyl sites for hydroxylation is 1. The molecule has 0 aliphatic heterocycles. The van der Waals surface area contributed by atoms with E-state index in [0.29, 0.717) is 17.8 Å². The third-order valence-corrected chi connectivity index (χ3v) is 3.69. The van der Waals surface area contributed by atoms with Crippen LogP contribution in [-0.4, -0.2) is 22.6 Å². The van der Waals surface area contributed by atoms with E-state index in [0.717, 1.165) is 22.4 Å². The van der Waals surface area contributed by atoms with Gasteiger partial charge < -0.3 is 15.0 Å². The van der Waals surface area contributed by atoms with Crippen LogP contribution in [0.15, 0.2) is 42.5 Å². The first-order valence-electron chi connectivity index (χ1n) is 6.98. The lowest BCUT2D eigenvalue weighted by atomic mass is 10.1. The van der Waals surface area contributed by atoms with Crippen molar-refractivity contribution in [3.05, 3.63) is 59.4 Å². The molecule has 2 N–H and O–H groups in total. The number of nitrogen functional groups attached to an aromatic ring is 1. The van der Waals surface area contributed by atoms with E-state index in [4.69, 9.17) is 10.5 Å². The lowest BCUT2D eigenvalue weighted by Crippen LogP contribution is -2.05. The van der Waals surface area contributed by atoms with E-state index < -0.39 is 0 Å². The number of aromatic nitrogens is 2. The molecule has 0 atom stereocenters. The zero-order valence-corrected chi connectivity index (χ0v) is 12.5. The molecule has 5 heteroatoms. The maximum Gasteiger partial charge on any atom is 0.337 e. The summed E-state index contributed by atoms with van der Waals surface area (Å²) in [5.74, 6) is 0.551. The zero-order valence-electron chi connectivity index (χ0n) is 12.5. The molecular formula is C17H17N3O2. The third-order valence-electron chi connectivity index (χ3n) is 3.69. The zero-order chi connectivity index (χ0) is 15.7. The molecule has 0 radical (unpaired) electrons. The van der Waals surface area contributed by atoms with Crippen LogP contribution in [0.1, 0.15) is 21.7 Å². The highest BCUT2D eigenvalue weighted by Crippen LogP contribution is 2.22. The highest BCUT2D eigenvalue weighted by atomic mass is 16.5. The van der Waals surface area contributed by atoms with Crippen molar-refractivity contribution >= 4 is 22.7 Å². The molecule has 0 aliphatic carbocycles. The Labute approximate surface area is 128 Å². The van der Waals surface area contributed by atoms with Crippen molar-refractivity contribution in [2.75, 3.05) is 12.8 Å². The Morgan fingerprint density at radius 2 is 2.05 bits per heavy atom. The summed E-state index contributed by atoms with van der Waals surface area (Å²) in [5.41, 5.74) is 9.99. The van der Waals surface area contributed by atoms with Crippen LogP contribution in [0, 0.1) is 6.92 Å². The van der Waals surface area contributed by atoms with Gasteiger partial charge in [-0.3, -0.25) is 0 Å². The van der Waals surface area contributed by atoms with Crippen LogP contribution in [0.2, 0.25) is 0 Å². The van der Waals surface area contributed by atoms with Gasteiger partial charge in [-0.05, 0) is 36.8 Å². The predicted octanol–water partition coefficient (Wildman–Crippen LogP) is 2.76. The molecule has 0 bridgehead atoms. The summed E-state index contributed by atoms with van der Waals surface area (Å²) < 4.78 is 6.85. The van der Waals surface area contributed by atoms with Crippen LogP contribution in [0.25, 0.3) is 11.0 Å². The topological polar surface area (TPSA) is 70.1 Å². The number of ether oxygens (including phenoxy) is 1. The minimum atomic E-state index is -0.335. The predicted molar refractivity (Wildman–Crippen MR) is 85.8 cm³/mol. The molecule has 1 aromatic heterocycles. The summed E-state index contributed by atoms with van der Waals surface area (Å²) in [6, 6.07) is 13.2. The largest absolute Gasteiger partial charge is 0.465 e. The van der Waals surface area contributed by atoms with Crippen molar-refractivity contribution in [2.24, 2.45) is 0 Å². The van der Waals surface area contributed by atoms with E-state index >= 15 is 0 Å². The second-order valence-corrected chi connectivity index (χ2v) is 5.15. The van der Waals surface area contributed by atoms with E-state index in [9.17, 15) is 4.79 Å². The normalized spacial score (nSPS) is 10.8. The molecule has 22 heavy (non-hydrogen) atoms. The fourth-order valence-corrected chi connectivity index (χ4v) is 2.58. The maximum absolute atomic E-state index is 11.6. The van der Waals surface area contributed by atoms with Gasteiger partial charge in [-0.2, -0.15) is 0 Å². The van der Waals surface area contributed by atoms with E-state index in [2.05, 4.69) is 9.55 Å². The molecule has 0 unspecified atom stereocenters. The molecule has 3 rings (SSSR count). The quantitative estimate of drug-likeness (QED) is 0.596. The highest BCUT2D eigenvalue weighted by molar-refractivity contribution is 5.89. The minimum absolute atomic E-state index is 0.335. The Morgan fingerprint density at radius 3 is 2.82 bits per heavy atom. The monoisotopic (exact) mass is 295 g/mol. The third kappa shape index (κ3) is 2.41. The van der Waals surface area contributed by atoms with Gasteiger partial charge in [0.2, 0.25) is 0 Å². The van der Waals surface area contributed by atoms with Crippen LogP contribution in [-0.2, 0) is 11.3 Å². The summed E-state index contributed by atoms with van der Waals surface area (Å²) in [7, 11) is 1.38. The molecule has 112 valence electrons. The SMILES string of the molecule is COC(=O)c1cccc(Cn2c(C)nc3c(N)cccc32)c1. The lowest BCUT2D eigenvalue weighted by molar-refractivity contribution is 0.0600. The van der Waals surface area contributed by atoms with Gasteiger partial charge in [0.15, 0.2) is 0 Å². The Balaban J connectivity index is 2.02. The number of fused-ring (bicyclic) bond motifs is 1. The number of hydrogen-bond acceptors (Lipinski definition) is 4. The summed E-state index contributed by atoms with van der Waals surface area (Å²) in [5, 5.41) is 0. The molecule has 3 aromatic rings. The summed E-state index contributed by atoms with van der Waals surface area (Å²) in [6.07, 6.45) is 0. The number of nitrogens with zero attached hydrogens (tertiary/aromatic N) is 2. The first-order chi connectivity index (χ1) is 10.6. The van der Waals surface area contributed by atoms with E-state index in [1.54, 1.807) is 6.07 Å². The molecule has 0 saturated heterocycles. The number of carbonyl (C=O) groups excluding carboxylic acids is 1. The van der Waals surface area contributed by atoms with Crippen LogP contribution < -0.4 is 5.73 Å². The molecule has 0 spiro atoms. The molecule has 5 nitrogen and oxygen atoms in total. The van der Waals surface area contributed by atoms with Gasteiger partial charge in [-0.15, -0.1) is 0 Å². The smallest absolute Gasteiger partial charge is 0.337 e. The lowest BCUT2D eigenvalue weighted by Gasteiger charge is -2.08. The number of esters is 1. The van der Waals surface area contributed by atoms with Crippen molar-refractivity contribution in [1.82, 2.24) is 9.55 Å². The highest BCUT2D eigenvalue weighted by Gasteiger charge is 2.11. The number of benzene rings is 2. The Morgan fingerprint density at radius 1 is 1.27 bits per heavy atom. The van der Waals surface area contributed by atoms with Crippen molar-refractivity contribution < 1.29 is 9.53 Å². The van der Waals surface area contributed by atoms with Gasteiger partial charge in [0.05, 0.1) is 23.9 Å². The Hall–Kier alpha value is -2.82. The standard InChI is InChI=1S/C17H17N3O2/c1-11-19-16-14(18)7-4-8-15(16)20(11)10-12-5-3-6-13(9-12)17(21)22-2/h3-9H,10,18H2,1-2H3. The molecular weight excluding hydrogens is 278 g/mol. The van der Waals surface area contributed by atoms with Crippen LogP contribution >= 0.6 is 0 Å². The minimum Gasteiger partial charge on any atom is -0.465 e. The molecule has 0 fully saturated rings. The summed E-state index contributed by atoms with van der Waals surface area (Å²) in [4.78, 5) is 16.2. The first kappa shape index (κ1) is 14.1. The van der Waals surface area contributed by atoms with Gasteiger partial charge in [0.25, 0.3) is 0 Å². The van der Waals surface area contributed by atoms with Gasteiger partial charge in [0, 0.05) is 6.54 Å². The number of nitrogens with two attached hydrogens (primary N) is 1. The fourth-order valence-electron chi connectivity index (χ4n) is 2.58. The number of carbonyl (C=O) groups is 1. The number of hydrogen-bond donors (Lipinski definition) is 1. The second kappa shape index (κ2) is 5.52. The van der Waals surface area contributed by atoms with Crippen molar-refractivity contribution in [3.63, 3.8) is 0 Å². The van der Waals surface area contributed by atoms with Crippen molar-refractivity contribution in [3.8, 4) is 0 Å². The van der Waals surface area contributed by atoms with Gasteiger partial charge in [0.1, 0.15) is 11.3 Å². The summed E-state index contributed by atoms with van der Waals surface area (Å²) >= 11 is 0. The average molecular weight is 295 g/mol. The van der Waals surface area contributed by atoms with E-state index in [-0.39, 0.29) is 5.97 Å². The Bertz CT molecular complexity index is 852. The molecule has 0 saturated carbocycles. The van der Waals surface area contributed by atoms with Gasteiger partial charge in [-0.1, -0.05) is 18.2 Å². The van der Waals surface area contributed by atoms with Gasteiger partial charge >= 0.3 is 5.97 Å². The molecule has 1 heterocycles. The molecule has 2 aromatic carbocycles. The van der Waals surface area contributed by atoms with Gasteiger partial charge in [-0.25, -0.2) is 9.78 Å². The number of para-hydroxylation sites is 1. The van der Waals surface area contributed by atoms with Crippen LogP contribution in [0.5, 0.6) is 0 Å².